The van der Waals surface area contributed by atoms with Gasteiger partial charge in [0.25, 0.3) is 0 Å². The second-order valence-corrected chi connectivity index (χ2v) is 8.05. The Hall–Kier alpha value is -4.01. The lowest BCUT2D eigenvalue weighted by Crippen LogP contribution is -2.15. The zero-order valence-electron chi connectivity index (χ0n) is 18.8. The molecule has 0 saturated heterocycles. The topological polar surface area (TPSA) is 59.4 Å². The van der Waals surface area contributed by atoms with Gasteiger partial charge in [-0.25, -0.2) is 14.4 Å². The Morgan fingerprint density at radius 2 is 1.77 bits per heavy atom. The van der Waals surface area contributed by atoms with Gasteiger partial charge in [0.05, 0.1) is 18.7 Å². The number of alkyl halides is 3. The summed E-state index contributed by atoms with van der Waals surface area (Å²) in [5.41, 5.74) is 0.780. The van der Waals surface area contributed by atoms with E-state index in [-0.39, 0.29) is 23.2 Å². The normalized spacial score (nSPS) is 15.1. The molecule has 0 fully saturated rings. The zero-order valence-corrected chi connectivity index (χ0v) is 18.8. The monoisotopic (exact) mass is 480 g/mol. The molecule has 35 heavy (non-hydrogen) atoms. The molecule has 2 heterocycles. The number of anilines is 1. The van der Waals surface area contributed by atoms with Gasteiger partial charge < -0.3 is 10.1 Å². The van der Waals surface area contributed by atoms with Crippen molar-refractivity contribution in [3.05, 3.63) is 83.2 Å². The highest BCUT2D eigenvalue weighted by atomic mass is 19.4. The van der Waals surface area contributed by atoms with Crippen LogP contribution in [0.3, 0.4) is 0 Å². The van der Waals surface area contributed by atoms with E-state index in [1.165, 1.54) is 37.4 Å². The fraction of sp³-hybridized carbons (Fsp3) is 0.192. The first-order valence-electron chi connectivity index (χ1n) is 11.0. The van der Waals surface area contributed by atoms with E-state index in [0.717, 1.165) is 11.6 Å². The van der Waals surface area contributed by atoms with Gasteiger partial charge in [0, 0.05) is 16.5 Å². The molecule has 0 bridgehead atoms. The summed E-state index contributed by atoms with van der Waals surface area (Å²) in [4.78, 5) is 13.6. The van der Waals surface area contributed by atoms with Crippen molar-refractivity contribution < 1.29 is 22.3 Å². The molecule has 0 radical (unpaired) electrons. The Labute approximate surface area is 198 Å². The van der Waals surface area contributed by atoms with Crippen molar-refractivity contribution in [1.82, 2.24) is 9.97 Å². The van der Waals surface area contributed by atoms with Crippen LogP contribution >= 0.6 is 0 Å². The molecule has 178 valence electrons. The van der Waals surface area contributed by atoms with Gasteiger partial charge in [0.15, 0.2) is 5.82 Å². The molecule has 3 aromatic carbocycles. The van der Waals surface area contributed by atoms with E-state index in [0.29, 0.717) is 34.5 Å². The summed E-state index contributed by atoms with van der Waals surface area (Å²) in [6.07, 6.45) is -3.89. The van der Waals surface area contributed by atoms with Crippen LogP contribution in [-0.2, 0) is 6.18 Å². The standard InChI is InChI=1S/C26H20F4N4O/c1-3-20-15-12-11-14(27)13-18(15)25(31-20)34-24-17-8-6-10-21(35-2)22(17)32-23(33-24)16-7-4-5-9-19(16)26(28,29)30/h4-13,20H,3H2,1-2H3,(H,31,32,33,34). The van der Waals surface area contributed by atoms with Crippen molar-refractivity contribution in [2.75, 3.05) is 12.4 Å². The number of nitrogens with one attached hydrogen (secondary N) is 1. The van der Waals surface area contributed by atoms with Gasteiger partial charge in [-0.3, -0.25) is 4.99 Å². The molecule has 5 rings (SSSR count). The number of halogens is 4. The highest BCUT2D eigenvalue weighted by molar-refractivity contribution is 6.13. The minimum Gasteiger partial charge on any atom is -0.494 e. The van der Waals surface area contributed by atoms with Crippen molar-refractivity contribution in [1.29, 1.82) is 0 Å². The summed E-state index contributed by atoms with van der Waals surface area (Å²) in [6.45, 7) is 1.97. The summed E-state index contributed by atoms with van der Waals surface area (Å²) < 4.78 is 60.8. The van der Waals surface area contributed by atoms with Crippen molar-refractivity contribution >= 4 is 22.6 Å². The number of benzene rings is 3. The highest BCUT2D eigenvalue weighted by Crippen LogP contribution is 2.39. The van der Waals surface area contributed by atoms with Gasteiger partial charge in [-0.05, 0) is 42.3 Å². The van der Waals surface area contributed by atoms with Crippen LogP contribution in [0.5, 0.6) is 5.75 Å². The Morgan fingerprint density at radius 1 is 0.971 bits per heavy atom. The predicted octanol–water partition coefficient (Wildman–Crippen LogP) is 6.79. The summed E-state index contributed by atoms with van der Waals surface area (Å²) in [5, 5.41) is 3.67. The van der Waals surface area contributed by atoms with E-state index in [9.17, 15) is 17.6 Å². The molecule has 0 amide bonds. The number of ether oxygens (including phenoxy) is 1. The Morgan fingerprint density at radius 3 is 2.51 bits per heavy atom. The lowest BCUT2D eigenvalue weighted by atomic mass is 10.0. The maximum atomic E-state index is 14.1. The third kappa shape index (κ3) is 4.07. The van der Waals surface area contributed by atoms with Crippen LogP contribution in [-0.4, -0.2) is 22.9 Å². The third-order valence-electron chi connectivity index (χ3n) is 5.92. The van der Waals surface area contributed by atoms with Crippen LogP contribution in [0, 0.1) is 5.82 Å². The highest BCUT2D eigenvalue weighted by Gasteiger charge is 2.34. The molecular weight excluding hydrogens is 460 g/mol. The Kier molecular flexibility index (Phi) is 5.62. The molecule has 5 nitrogen and oxygen atoms in total. The van der Waals surface area contributed by atoms with E-state index in [4.69, 9.17) is 4.74 Å². The maximum Gasteiger partial charge on any atom is 0.417 e. The molecular formula is C26H20F4N4O. The lowest BCUT2D eigenvalue weighted by molar-refractivity contribution is -0.137. The second-order valence-electron chi connectivity index (χ2n) is 8.05. The van der Waals surface area contributed by atoms with Gasteiger partial charge in [0.1, 0.15) is 28.7 Å². The van der Waals surface area contributed by atoms with Crippen molar-refractivity contribution in [2.24, 2.45) is 4.99 Å². The number of nitrogens with zero attached hydrogens (tertiary/aromatic N) is 3. The van der Waals surface area contributed by atoms with Gasteiger partial charge in [-0.15, -0.1) is 0 Å². The van der Waals surface area contributed by atoms with Crippen LogP contribution in [0.2, 0.25) is 0 Å². The number of amidine groups is 1. The summed E-state index contributed by atoms with van der Waals surface area (Å²) in [7, 11) is 1.46. The molecule has 0 aliphatic carbocycles. The average molecular weight is 480 g/mol. The van der Waals surface area contributed by atoms with Gasteiger partial charge in [0.2, 0.25) is 0 Å². The average Bonchev–Trinajstić information content (AvgIpc) is 3.19. The first-order chi connectivity index (χ1) is 16.8. The number of fused-ring (bicyclic) bond motifs is 2. The van der Waals surface area contributed by atoms with E-state index >= 15 is 0 Å². The lowest BCUT2D eigenvalue weighted by Gasteiger charge is -2.16. The smallest absolute Gasteiger partial charge is 0.417 e. The van der Waals surface area contributed by atoms with E-state index in [1.807, 2.05) is 6.92 Å². The SMILES string of the molecule is CCC1N=C(Nc2nc(-c3ccccc3C(F)(F)F)nc3c(OC)cccc23)c2cc(F)ccc21. The quantitative estimate of drug-likeness (QED) is 0.327. The molecule has 1 aliphatic heterocycles. The number of para-hydroxylation sites is 1. The summed E-state index contributed by atoms with van der Waals surface area (Å²) in [6, 6.07) is 14.6. The van der Waals surface area contributed by atoms with E-state index < -0.39 is 17.6 Å². The fourth-order valence-electron chi connectivity index (χ4n) is 4.27. The molecule has 1 N–H and O–H groups in total. The van der Waals surface area contributed by atoms with Crippen molar-refractivity contribution in [3.63, 3.8) is 0 Å². The molecule has 1 aliphatic rings. The van der Waals surface area contributed by atoms with E-state index in [2.05, 4.69) is 20.3 Å². The molecule has 1 unspecified atom stereocenters. The second kappa shape index (κ2) is 8.65. The van der Waals surface area contributed by atoms with Crippen LogP contribution in [0.25, 0.3) is 22.3 Å². The van der Waals surface area contributed by atoms with Crippen molar-refractivity contribution in [2.45, 2.75) is 25.6 Å². The van der Waals surface area contributed by atoms with Gasteiger partial charge in [-0.2, -0.15) is 13.2 Å². The largest absolute Gasteiger partial charge is 0.494 e. The van der Waals surface area contributed by atoms with E-state index in [1.54, 1.807) is 24.3 Å². The maximum absolute atomic E-state index is 14.1. The number of hydrogen-bond donors (Lipinski definition) is 1. The molecule has 9 heteroatoms. The summed E-state index contributed by atoms with van der Waals surface area (Å²) in [5.74, 6) is 0.479. The minimum atomic E-state index is -4.59. The number of hydrogen-bond acceptors (Lipinski definition) is 5. The van der Waals surface area contributed by atoms with Crippen LogP contribution < -0.4 is 10.1 Å². The number of aromatic nitrogens is 2. The van der Waals surface area contributed by atoms with Gasteiger partial charge in [-0.1, -0.05) is 37.3 Å². The molecule has 4 aromatic rings. The Balaban J connectivity index is 1.71. The van der Waals surface area contributed by atoms with Crippen molar-refractivity contribution in [3.8, 4) is 17.1 Å². The summed E-state index contributed by atoms with van der Waals surface area (Å²) >= 11 is 0. The minimum absolute atomic E-state index is 0.123. The predicted molar refractivity (Wildman–Crippen MR) is 126 cm³/mol. The molecule has 1 atom stereocenters. The first-order valence-corrected chi connectivity index (χ1v) is 11.0. The number of rotatable bonds is 4. The van der Waals surface area contributed by atoms with Gasteiger partial charge >= 0.3 is 6.18 Å². The fourth-order valence-corrected chi connectivity index (χ4v) is 4.27. The molecule has 1 aromatic heterocycles. The third-order valence-corrected chi connectivity index (χ3v) is 5.92. The molecule has 0 spiro atoms. The first kappa shape index (κ1) is 22.8. The van der Waals surface area contributed by atoms with Crippen LogP contribution in [0.4, 0.5) is 23.4 Å². The number of aliphatic imine (C=N–C) groups is 1. The van der Waals surface area contributed by atoms with Crippen LogP contribution in [0.15, 0.2) is 65.7 Å². The zero-order chi connectivity index (χ0) is 24.7. The van der Waals surface area contributed by atoms with Crippen LogP contribution in [0.1, 0.15) is 36.1 Å². The molecule has 0 saturated carbocycles. The number of methoxy groups -OCH3 is 1. The Bertz CT molecular complexity index is 1470.